The van der Waals surface area contributed by atoms with E-state index in [1.54, 1.807) is 0 Å². The Balaban J connectivity index is 2.05. The average Bonchev–Trinajstić information content (AvgIpc) is 2.30. The summed E-state index contributed by atoms with van der Waals surface area (Å²) in [6.45, 7) is 7.95. The molecule has 1 fully saturated rings. The highest BCUT2D eigenvalue weighted by atomic mass is 15.1. The van der Waals surface area contributed by atoms with E-state index in [1.807, 2.05) is 0 Å². The summed E-state index contributed by atoms with van der Waals surface area (Å²) in [7, 11) is 2.23. The van der Waals surface area contributed by atoms with Crippen molar-refractivity contribution in [1.82, 2.24) is 5.32 Å². The minimum Gasteiger partial charge on any atom is -0.374 e. The lowest BCUT2D eigenvalue weighted by Gasteiger charge is -2.30. The monoisotopic (exact) mass is 232 g/mol. The van der Waals surface area contributed by atoms with E-state index in [1.165, 1.54) is 49.3 Å². The third kappa shape index (κ3) is 3.01. The highest BCUT2D eigenvalue weighted by molar-refractivity contribution is 5.58. The quantitative estimate of drug-likeness (QED) is 0.862. The molecule has 0 aliphatic carbocycles. The molecule has 1 aromatic carbocycles. The largest absolute Gasteiger partial charge is 0.374 e. The van der Waals surface area contributed by atoms with Gasteiger partial charge in [0.1, 0.15) is 0 Å². The van der Waals surface area contributed by atoms with Crippen molar-refractivity contribution in [2.45, 2.75) is 26.7 Å². The smallest absolute Gasteiger partial charge is 0.0423 e. The summed E-state index contributed by atoms with van der Waals surface area (Å²) in [6, 6.07) is 6.56. The number of para-hydroxylation sites is 1. The van der Waals surface area contributed by atoms with Crippen molar-refractivity contribution in [2.24, 2.45) is 5.92 Å². The second kappa shape index (κ2) is 5.54. The predicted molar refractivity (Wildman–Crippen MR) is 74.8 cm³/mol. The van der Waals surface area contributed by atoms with Gasteiger partial charge in [0.15, 0.2) is 0 Å². The van der Waals surface area contributed by atoms with E-state index in [2.05, 4.69) is 49.3 Å². The first-order chi connectivity index (χ1) is 8.18. The van der Waals surface area contributed by atoms with Crippen molar-refractivity contribution >= 4 is 5.69 Å². The van der Waals surface area contributed by atoms with Gasteiger partial charge in [-0.3, -0.25) is 0 Å². The molecule has 1 aromatic rings. The SMILES string of the molecule is Cc1cccc(C)c1N(C)CC1CCCNC1. The molecule has 0 saturated carbocycles. The molecule has 1 aliphatic rings. The molecule has 2 nitrogen and oxygen atoms in total. The van der Waals surface area contributed by atoms with Crippen molar-refractivity contribution in [2.75, 3.05) is 31.6 Å². The maximum absolute atomic E-state index is 3.49. The van der Waals surface area contributed by atoms with Crippen LogP contribution in [0.4, 0.5) is 5.69 Å². The Bertz CT molecular complexity index is 347. The maximum Gasteiger partial charge on any atom is 0.0423 e. The van der Waals surface area contributed by atoms with Crippen molar-refractivity contribution in [3.63, 3.8) is 0 Å². The molecular formula is C15H24N2. The number of rotatable bonds is 3. The van der Waals surface area contributed by atoms with Crippen molar-refractivity contribution in [1.29, 1.82) is 0 Å². The standard InChI is InChI=1S/C15H24N2/c1-12-6-4-7-13(2)15(12)17(3)11-14-8-5-9-16-10-14/h4,6-7,14,16H,5,8-11H2,1-3H3. The van der Waals surface area contributed by atoms with E-state index in [4.69, 9.17) is 0 Å². The van der Waals surface area contributed by atoms with Gasteiger partial charge < -0.3 is 10.2 Å². The molecule has 0 bridgehead atoms. The fourth-order valence-corrected chi connectivity index (χ4v) is 2.97. The average molecular weight is 232 g/mol. The summed E-state index contributed by atoms with van der Waals surface area (Å²) < 4.78 is 0. The van der Waals surface area contributed by atoms with Crippen LogP contribution in [0.15, 0.2) is 18.2 Å². The Kier molecular flexibility index (Phi) is 4.06. The lowest BCUT2D eigenvalue weighted by Crippen LogP contribution is -2.37. The summed E-state index contributed by atoms with van der Waals surface area (Å²) in [4.78, 5) is 2.43. The summed E-state index contributed by atoms with van der Waals surface area (Å²) in [5.74, 6) is 0.799. The predicted octanol–water partition coefficient (Wildman–Crippen LogP) is 2.74. The molecule has 17 heavy (non-hydrogen) atoms. The van der Waals surface area contributed by atoms with E-state index < -0.39 is 0 Å². The lowest BCUT2D eigenvalue weighted by atomic mass is 9.98. The van der Waals surface area contributed by atoms with Gasteiger partial charge >= 0.3 is 0 Å². The second-order valence-corrected chi connectivity index (χ2v) is 5.33. The minimum absolute atomic E-state index is 0.799. The van der Waals surface area contributed by atoms with Crippen LogP contribution in [-0.4, -0.2) is 26.7 Å². The number of aryl methyl sites for hydroxylation is 2. The van der Waals surface area contributed by atoms with Gasteiger partial charge in [0, 0.05) is 19.3 Å². The normalized spacial score (nSPS) is 20.3. The molecule has 0 amide bonds. The first-order valence-electron chi connectivity index (χ1n) is 6.66. The highest BCUT2D eigenvalue weighted by Crippen LogP contribution is 2.25. The van der Waals surface area contributed by atoms with Gasteiger partial charge in [-0.15, -0.1) is 0 Å². The van der Waals surface area contributed by atoms with Crippen LogP contribution in [0.3, 0.4) is 0 Å². The molecule has 0 radical (unpaired) electrons. The number of anilines is 1. The Morgan fingerprint density at radius 1 is 1.29 bits per heavy atom. The summed E-state index contributed by atoms with van der Waals surface area (Å²) >= 11 is 0. The van der Waals surface area contributed by atoms with Crippen LogP contribution in [-0.2, 0) is 0 Å². The zero-order valence-corrected chi connectivity index (χ0v) is 11.3. The van der Waals surface area contributed by atoms with Gasteiger partial charge in [-0.2, -0.15) is 0 Å². The zero-order valence-electron chi connectivity index (χ0n) is 11.3. The van der Waals surface area contributed by atoms with Crippen LogP contribution in [0.2, 0.25) is 0 Å². The molecule has 1 heterocycles. The van der Waals surface area contributed by atoms with Gasteiger partial charge in [0.2, 0.25) is 0 Å². The van der Waals surface area contributed by atoms with Gasteiger partial charge in [0.25, 0.3) is 0 Å². The third-order valence-electron chi connectivity index (χ3n) is 3.75. The van der Waals surface area contributed by atoms with Crippen molar-refractivity contribution in [3.8, 4) is 0 Å². The van der Waals surface area contributed by atoms with Gasteiger partial charge in [-0.05, 0) is 56.8 Å². The van der Waals surface area contributed by atoms with E-state index >= 15 is 0 Å². The molecule has 1 aliphatic heterocycles. The number of hydrogen-bond donors (Lipinski definition) is 1. The molecule has 0 spiro atoms. The van der Waals surface area contributed by atoms with E-state index in [0.717, 1.165) is 5.92 Å². The number of piperidine rings is 1. The molecule has 1 N–H and O–H groups in total. The molecule has 2 rings (SSSR count). The highest BCUT2D eigenvalue weighted by Gasteiger charge is 2.16. The van der Waals surface area contributed by atoms with Crippen LogP contribution in [0.25, 0.3) is 0 Å². The number of benzene rings is 1. The fourth-order valence-electron chi connectivity index (χ4n) is 2.97. The second-order valence-electron chi connectivity index (χ2n) is 5.33. The number of hydrogen-bond acceptors (Lipinski definition) is 2. The summed E-state index contributed by atoms with van der Waals surface area (Å²) in [5, 5.41) is 3.49. The van der Waals surface area contributed by atoms with Crippen molar-refractivity contribution < 1.29 is 0 Å². The Labute approximate surface area is 105 Å². The first kappa shape index (κ1) is 12.4. The number of nitrogens with one attached hydrogen (secondary N) is 1. The molecule has 1 unspecified atom stereocenters. The Hall–Kier alpha value is -1.02. The number of nitrogens with zero attached hydrogens (tertiary/aromatic N) is 1. The third-order valence-corrected chi connectivity index (χ3v) is 3.75. The summed E-state index contributed by atoms with van der Waals surface area (Å²) in [5.41, 5.74) is 4.19. The molecule has 1 atom stereocenters. The zero-order chi connectivity index (χ0) is 12.3. The molecule has 2 heteroatoms. The van der Waals surface area contributed by atoms with Crippen LogP contribution in [0, 0.1) is 19.8 Å². The van der Waals surface area contributed by atoms with E-state index in [-0.39, 0.29) is 0 Å². The van der Waals surface area contributed by atoms with Gasteiger partial charge in [-0.25, -0.2) is 0 Å². The molecule has 1 saturated heterocycles. The van der Waals surface area contributed by atoms with Crippen LogP contribution in [0.5, 0.6) is 0 Å². The van der Waals surface area contributed by atoms with E-state index in [0.29, 0.717) is 0 Å². The van der Waals surface area contributed by atoms with Crippen molar-refractivity contribution in [3.05, 3.63) is 29.3 Å². The fraction of sp³-hybridized carbons (Fsp3) is 0.600. The first-order valence-corrected chi connectivity index (χ1v) is 6.66. The van der Waals surface area contributed by atoms with Gasteiger partial charge in [-0.1, -0.05) is 18.2 Å². The maximum atomic E-state index is 3.49. The van der Waals surface area contributed by atoms with Crippen LogP contribution >= 0.6 is 0 Å². The lowest BCUT2D eigenvalue weighted by molar-refractivity contribution is 0.381. The van der Waals surface area contributed by atoms with Crippen LogP contribution in [0.1, 0.15) is 24.0 Å². The Morgan fingerprint density at radius 2 is 2.00 bits per heavy atom. The van der Waals surface area contributed by atoms with E-state index in [9.17, 15) is 0 Å². The Morgan fingerprint density at radius 3 is 2.59 bits per heavy atom. The summed E-state index contributed by atoms with van der Waals surface area (Å²) in [6.07, 6.45) is 2.69. The van der Waals surface area contributed by atoms with Crippen LogP contribution < -0.4 is 10.2 Å². The topological polar surface area (TPSA) is 15.3 Å². The molecule has 94 valence electrons. The van der Waals surface area contributed by atoms with Gasteiger partial charge in [0.05, 0.1) is 0 Å². The minimum atomic E-state index is 0.799. The molecule has 0 aromatic heterocycles. The molecular weight excluding hydrogens is 208 g/mol.